The summed E-state index contributed by atoms with van der Waals surface area (Å²) in [4.78, 5) is 13.5. The fourth-order valence-corrected chi connectivity index (χ4v) is 2.91. The molecule has 0 atom stereocenters. The van der Waals surface area contributed by atoms with Crippen LogP contribution in [0.2, 0.25) is 0 Å². The minimum Gasteiger partial charge on any atom is -0.444 e. The van der Waals surface area contributed by atoms with Gasteiger partial charge in [0.2, 0.25) is 0 Å². The number of hydrogen-bond acceptors (Lipinski definition) is 5. The Kier molecular flexibility index (Phi) is 7.97. The van der Waals surface area contributed by atoms with Gasteiger partial charge in [0, 0.05) is 26.4 Å². The topological polar surface area (TPSA) is 57.2 Å². The van der Waals surface area contributed by atoms with Gasteiger partial charge in [-0.2, -0.15) is 0 Å². The number of rotatable bonds is 10. The highest BCUT2D eigenvalue weighted by Crippen LogP contribution is 2.29. The largest absolute Gasteiger partial charge is 0.444 e. The van der Waals surface area contributed by atoms with Crippen molar-refractivity contribution in [1.29, 1.82) is 0 Å². The SMILES string of the molecule is CC1CC(OCCCOCCCOC2CN(C(=O)OC(C)(C)C)C2)C1. The molecule has 1 heterocycles. The number of carbonyl (C=O) groups is 1. The standard InChI is InChI=1S/C19H35NO5/c1-15-11-16(12-15)23-9-5-7-22-8-6-10-24-17-13-20(14-17)18(21)25-19(2,3)4/h15-17H,5-14H2,1-4H3. The summed E-state index contributed by atoms with van der Waals surface area (Å²) in [7, 11) is 0. The van der Waals surface area contributed by atoms with Crippen molar-refractivity contribution in [3.05, 3.63) is 0 Å². The van der Waals surface area contributed by atoms with Gasteiger partial charge in [0.05, 0.1) is 25.3 Å². The number of amides is 1. The Morgan fingerprint density at radius 3 is 2.04 bits per heavy atom. The van der Waals surface area contributed by atoms with Crippen molar-refractivity contribution in [3.63, 3.8) is 0 Å². The van der Waals surface area contributed by atoms with Gasteiger partial charge in [-0.3, -0.25) is 0 Å². The van der Waals surface area contributed by atoms with Crippen molar-refractivity contribution in [2.45, 2.75) is 71.2 Å². The molecule has 2 rings (SSSR count). The first-order valence-electron chi connectivity index (χ1n) is 9.62. The second-order valence-corrected chi connectivity index (χ2v) is 8.27. The van der Waals surface area contributed by atoms with Crippen LogP contribution in [-0.4, -0.2) is 68.3 Å². The molecule has 0 aromatic heterocycles. The lowest BCUT2D eigenvalue weighted by Gasteiger charge is -2.39. The molecule has 2 aliphatic rings. The van der Waals surface area contributed by atoms with E-state index in [9.17, 15) is 4.79 Å². The summed E-state index contributed by atoms with van der Waals surface area (Å²) >= 11 is 0. The molecule has 1 aliphatic heterocycles. The third kappa shape index (κ3) is 7.92. The monoisotopic (exact) mass is 357 g/mol. The number of carbonyl (C=O) groups excluding carboxylic acids is 1. The van der Waals surface area contributed by atoms with Crippen molar-refractivity contribution >= 4 is 6.09 Å². The third-order valence-electron chi connectivity index (χ3n) is 4.40. The van der Waals surface area contributed by atoms with Crippen molar-refractivity contribution < 1.29 is 23.7 Å². The zero-order valence-corrected chi connectivity index (χ0v) is 16.3. The molecule has 1 saturated heterocycles. The van der Waals surface area contributed by atoms with Crippen molar-refractivity contribution in [2.75, 3.05) is 39.5 Å². The molecule has 0 aromatic rings. The Hall–Kier alpha value is -0.850. The van der Waals surface area contributed by atoms with Gasteiger partial charge in [0.25, 0.3) is 0 Å². The van der Waals surface area contributed by atoms with Gasteiger partial charge < -0.3 is 23.8 Å². The van der Waals surface area contributed by atoms with Gasteiger partial charge in [-0.05, 0) is 52.4 Å². The highest BCUT2D eigenvalue weighted by atomic mass is 16.6. The lowest BCUT2D eigenvalue weighted by atomic mass is 9.84. The molecule has 1 aliphatic carbocycles. The second kappa shape index (κ2) is 9.74. The summed E-state index contributed by atoms with van der Waals surface area (Å²) < 4.78 is 22.4. The van der Waals surface area contributed by atoms with Crippen LogP contribution in [0.3, 0.4) is 0 Å². The molecule has 0 bridgehead atoms. The first kappa shape index (κ1) is 20.5. The number of nitrogens with zero attached hydrogens (tertiary/aromatic N) is 1. The van der Waals surface area contributed by atoms with E-state index in [1.165, 1.54) is 12.8 Å². The zero-order valence-electron chi connectivity index (χ0n) is 16.3. The van der Waals surface area contributed by atoms with Gasteiger partial charge in [-0.15, -0.1) is 0 Å². The Morgan fingerprint density at radius 1 is 0.960 bits per heavy atom. The fourth-order valence-electron chi connectivity index (χ4n) is 2.91. The minimum atomic E-state index is -0.443. The Balaban J connectivity index is 1.33. The molecule has 0 aromatic carbocycles. The average molecular weight is 357 g/mol. The van der Waals surface area contributed by atoms with Crippen LogP contribution < -0.4 is 0 Å². The summed E-state index contributed by atoms with van der Waals surface area (Å²) in [5, 5.41) is 0. The molecule has 0 unspecified atom stereocenters. The molecule has 1 amide bonds. The first-order chi connectivity index (χ1) is 11.8. The molecule has 25 heavy (non-hydrogen) atoms. The van der Waals surface area contributed by atoms with Crippen LogP contribution in [0.5, 0.6) is 0 Å². The van der Waals surface area contributed by atoms with Crippen molar-refractivity contribution in [1.82, 2.24) is 4.90 Å². The Labute approximate surface area is 152 Å². The molecule has 0 radical (unpaired) electrons. The summed E-state index contributed by atoms with van der Waals surface area (Å²) in [5.41, 5.74) is -0.443. The van der Waals surface area contributed by atoms with Crippen LogP contribution in [-0.2, 0) is 18.9 Å². The van der Waals surface area contributed by atoms with E-state index in [-0.39, 0.29) is 12.2 Å². The molecular formula is C19H35NO5. The Bertz CT molecular complexity index is 397. The molecule has 0 spiro atoms. The third-order valence-corrected chi connectivity index (χ3v) is 4.40. The predicted octanol–water partition coefficient (Wildman–Crippen LogP) is 3.23. The van der Waals surface area contributed by atoms with Gasteiger partial charge in [0.15, 0.2) is 0 Å². The van der Waals surface area contributed by atoms with Crippen LogP contribution in [0.1, 0.15) is 53.4 Å². The number of ether oxygens (including phenoxy) is 4. The van der Waals surface area contributed by atoms with E-state index < -0.39 is 5.60 Å². The van der Waals surface area contributed by atoms with E-state index in [1.54, 1.807) is 4.90 Å². The van der Waals surface area contributed by atoms with Crippen LogP contribution in [0.25, 0.3) is 0 Å². The van der Waals surface area contributed by atoms with Crippen LogP contribution in [0.4, 0.5) is 4.79 Å². The molecule has 6 heteroatoms. The maximum Gasteiger partial charge on any atom is 0.410 e. The number of likely N-dealkylation sites (tertiary alicyclic amines) is 1. The van der Waals surface area contributed by atoms with E-state index in [1.807, 2.05) is 20.8 Å². The highest BCUT2D eigenvalue weighted by Gasteiger charge is 2.34. The van der Waals surface area contributed by atoms with Crippen LogP contribution >= 0.6 is 0 Å². The van der Waals surface area contributed by atoms with Crippen LogP contribution in [0.15, 0.2) is 0 Å². The van der Waals surface area contributed by atoms with Crippen LogP contribution in [0, 0.1) is 5.92 Å². The van der Waals surface area contributed by atoms with Crippen molar-refractivity contribution in [2.24, 2.45) is 5.92 Å². The van der Waals surface area contributed by atoms with Gasteiger partial charge in [0.1, 0.15) is 5.60 Å². The number of hydrogen-bond donors (Lipinski definition) is 0. The summed E-state index contributed by atoms with van der Waals surface area (Å²) in [6.07, 6.45) is 4.63. The smallest absolute Gasteiger partial charge is 0.410 e. The van der Waals surface area contributed by atoms with E-state index in [0.29, 0.717) is 32.4 Å². The molecule has 6 nitrogen and oxygen atoms in total. The summed E-state index contributed by atoms with van der Waals surface area (Å²) in [5.74, 6) is 0.841. The molecule has 0 N–H and O–H groups in total. The predicted molar refractivity (Wildman–Crippen MR) is 95.7 cm³/mol. The Morgan fingerprint density at radius 2 is 1.52 bits per heavy atom. The molecular weight excluding hydrogens is 322 g/mol. The maximum absolute atomic E-state index is 11.8. The first-order valence-corrected chi connectivity index (χ1v) is 9.62. The second-order valence-electron chi connectivity index (χ2n) is 8.27. The molecule has 2 fully saturated rings. The normalized spacial score (nSPS) is 23.9. The zero-order chi connectivity index (χ0) is 18.3. The van der Waals surface area contributed by atoms with E-state index in [0.717, 1.165) is 32.0 Å². The van der Waals surface area contributed by atoms with Gasteiger partial charge in [-0.25, -0.2) is 4.79 Å². The lowest BCUT2D eigenvalue weighted by molar-refractivity contribution is -0.0672. The maximum atomic E-state index is 11.8. The van der Waals surface area contributed by atoms with Gasteiger partial charge in [-0.1, -0.05) is 6.92 Å². The summed E-state index contributed by atoms with van der Waals surface area (Å²) in [6.45, 7) is 12.1. The minimum absolute atomic E-state index is 0.130. The molecule has 146 valence electrons. The fraction of sp³-hybridized carbons (Fsp3) is 0.947. The average Bonchev–Trinajstić information content (AvgIpc) is 2.42. The van der Waals surface area contributed by atoms with Gasteiger partial charge >= 0.3 is 6.09 Å². The quantitative estimate of drug-likeness (QED) is 0.562. The van der Waals surface area contributed by atoms with Crippen molar-refractivity contribution in [3.8, 4) is 0 Å². The van der Waals surface area contributed by atoms with E-state index in [4.69, 9.17) is 18.9 Å². The highest BCUT2D eigenvalue weighted by molar-refractivity contribution is 5.69. The van der Waals surface area contributed by atoms with E-state index in [2.05, 4.69) is 6.92 Å². The summed E-state index contributed by atoms with van der Waals surface area (Å²) in [6, 6.07) is 0. The lowest BCUT2D eigenvalue weighted by Crippen LogP contribution is -2.56. The van der Waals surface area contributed by atoms with E-state index >= 15 is 0 Å². The molecule has 1 saturated carbocycles.